The summed E-state index contributed by atoms with van der Waals surface area (Å²) in [6.07, 6.45) is 3.64. The fraction of sp³-hybridized carbons (Fsp3) is 0.450. The highest BCUT2D eigenvalue weighted by molar-refractivity contribution is 5.89. The molecule has 2 amide bonds. The minimum absolute atomic E-state index is 0.231. The zero-order valence-electron chi connectivity index (χ0n) is 15.8. The summed E-state index contributed by atoms with van der Waals surface area (Å²) in [4.78, 5) is 23.6. The Balaban J connectivity index is 1.61. The van der Waals surface area contributed by atoms with Gasteiger partial charge in [0.2, 0.25) is 5.95 Å². The van der Waals surface area contributed by atoms with E-state index in [1.165, 1.54) is 19.3 Å². The monoisotopic (exact) mass is 353 g/mol. The van der Waals surface area contributed by atoms with Gasteiger partial charge in [0.05, 0.1) is 12.2 Å². The molecule has 0 saturated carbocycles. The molecule has 6 heteroatoms. The topological polar surface area (TPSA) is 70.2 Å². The lowest BCUT2D eigenvalue weighted by atomic mass is 10.1. The third-order valence-electron chi connectivity index (χ3n) is 4.44. The molecule has 1 aliphatic rings. The minimum atomic E-state index is -0.231. The summed E-state index contributed by atoms with van der Waals surface area (Å²) in [5, 5.41) is 5.77. The Hall–Kier alpha value is -2.63. The van der Waals surface area contributed by atoms with E-state index in [1.807, 2.05) is 39.0 Å². The number of carbonyl (C=O) groups excluding carboxylic acids is 1. The molecule has 1 aromatic carbocycles. The Bertz CT molecular complexity index is 764. The molecule has 0 bridgehead atoms. The molecule has 138 valence electrons. The highest BCUT2D eigenvalue weighted by Crippen LogP contribution is 2.17. The van der Waals surface area contributed by atoms with E-state index in [0.29, 0.717) is 6.54 Å². The number of carbonyl (C=O) groups is 1. The molecule has 0 radical (unpaired) electrons. The number of aryl methyl sites for hydroxylation is 3. The van der Waals surface area contributed by atoms with Gasteiger partial charge in [-0.25, -0.2) is 14.8 Å². The number of rotatable bonds is 4. The molecule has 0 aliphatic carbocycles. The van der Waals surface area contributed by atoms with E-state index in [9.17, 15) is 4.79 Å². The minimum Gasteiger partial charge on any atom is -0.341 e. The molecule has 0 spiro atoms. The van der Waals surface area contributed by atoms with E-state index in [-0.39, 0.29) is 6.03 Å². The predicted octanol–water partition coefficient (Wildman–Crippen LogP) is 3.71. The van der Waals surface area contributed by atoms with Crippen LogP contribution >= 0.6 is 0 Å². The number of nitrogens with one attached hydrogen (secondary N) is 2. The van der Waals surface area contributed by atoms with Gasteiger partial charge in [-0.1, -0.05) is 6.07 Å². The summed E-state index contributed by atoms with van der Waals surface area (Å²) in [6, 6.07) is 7.68. The van der Waals surface area contributed by atoms with Crippen molar-refractivity contribution >= 4 is 17.7 Å². The summed E-state index contributed by atoms with van der Waals surface area (Å²) < 4.78 is 0. The van der Waals surface area contributed by atoms with Gasteiger partial charge >= 0.3 is 6.03 Å². The van der Waals surface area contributed by atoms with Crippen molar-refractivity contribution in [2.45, 2.75) is 46.6 Å². The van der Waals surface area contributed by atoms with Gasteiger partial charge in [-0.05, 0) is 69.4 Å². The first-order valence-electron chi connectivity index (χ1n) is 9.22. The van der Waals surface area contributed by atoms with Crippen LogP contribution in [0.15, 0.2) is 24.3 Å². The molecule has 1 aromatic heterocycles. The van der Waals surface area contributed by atoms with Crippen molar-refractivity contribution in [2.75, 3.05) is 23.3 Å². The van der Waals surface area contributed by atoms with E-state index in [0.717, 1.165) is 47.2 Å². The van der Waals surface area contributed by atoms with Crippen molar-refractivity contribution < 1.29 is 4.79 Å². The summed E-state index contributed by atoms with van der Waals surface area (Å²) in [7, 11) is 0. The molecule has 1 fully saturated rings. The molecule has 2 N–H and O–H groups in total. The van der Waals surface area contributed by atoms with Gasteiger partial charge in [0, 0.05) is 24.5 Å². The maximum Gasteiger partial charge on any atom is 0.319 e. The van der Waals surface area contributed by atoms with E-state index in [1.54, 1.807) is 0 Å². The molecule has 2 aromatic rings. The van der Waals surface area contributed by atoms with Gasteiger partial charge in [-0.2, -0.15) is 0 Å². The second-order valence-corrected chi connectivity index (χ2v) is 7.03. The lowest BCUT2D eigenvalue weighted by molar-refractivity contribution is 0.251. The first kappa shape index (κ1) is 18.2. The molecule has 0 unspecified atom stereocenters. The number of aromatic nitrogens is 2. The van der Waals surface area contributed by atoms with Crippen LogP contribution in [0, 0.1) is 20.8 Å². The van der Waals surface area contributed by atoms with Crippen molar-refractivity contribution in [3.8, 4) is 0 Å². The summed E-state index contributed by atoms with van der Waals surface area (Å²) >= 11 is 0. The average Bonchev–Trinajstić information content (AvgIpc) is 2.59. The number of amides is 2. The molecule has 26 heavy (non-hydrogen) atoms. The highest BCUT2D eigenvalue weighted by Gasteiger charge is 2.15. The van der Waals surface area contributed by atoms with Crippen LogP contribution in [0.5, 0.6) is 0 Å². The largest absolute Gasteiger partial charge is 0.341 e. The summed E-state index contributed by atoms with van der Waals surface area (Å²) in [5.74, 6) is 0.774. The number of hydrogen-bond donors (Lipinski definition) is 2. The fourth-order valence-electron chi connectivity index (χ4n) is 3.34. The first-order chi connectivity index (χ1) is 12.5. The van der Waals surface area contributed by atoms with Gasteiger partial charge < -0.3 is 15.5 Å². The van der Waals surface area contributed by atoms with E-state index in [2.05, 4.69) is 31.6 Å². The van der Waals surface area contributed by atoms with Crippen molar-refractivity contribution in [3.63, 3.8) is 0 Å². The van der Waals surface area contributed by atoms with Crippen LogP contribution in [0.25, 0.3) is 0 Å². The lowest BCUT2D eigenvalue weighted by Gasteiger charge is -2.27. The molecule has 0 atom stereocenters. The first-order valence-corrected chi connectivity index (χ1v) is 9.22. The van der Waals surface area contributed by atoms with E-state index >= 15 is 0 Å². The molecule has 2 heterocycles. The quantitative estimate of drug-likeness (QED) is 0.879. The number of nitrogens with zero attached hydrogens (tertiary/aromatic N) is 3. The zero-order valence-corrected chi connectivity index (χ0v) is 15.8. The maximum atomic E-state index is 12.2. The van der Waals surface area contributed by atoms with E-state index in [4.69, 9.17) is 0 Å². The predicted molar refractivity (Wildman–Crippen MR) is 105 cm³/mol. The van der Waals surface area contributed by atoms with Crippen LogP contribution in [0.2, 0.25) is 0 Å². The Labute approximate surface area is 155 Å². The molecular weight excluding hydrogens is 326 g/mol. The van der Waals surface area contributed by atoms with Crippen LogP contribution in [-0.4, -0.2) is 29.1 Å². The number of anilines is 2. The third-order valence-corrected chi connectivity index (χ3v) is 4.44. The smallest absolute Gasteiger partial charge is 0.319 e. The fourth-order valence-corrected chi connectivity index (χ4v) is 3.34. The molecule has 1 aliphatic heterocycles. The number of urea groups is 1. The Morgan fingerprint density at radius 1 is 1.00 bits per heavy atom. The molecule has 3 rings (SSSR count). The Morgan fingerprint density at radius 3 is 2.38 bits per heavy atom. The van der Waals surface area contributed by atoms with Crippen molar-refractivity contribution in [1.82, 2.24) is 15.3 Å². The van der Waals surface area contributed by atoms with Gasteiger partial charge in [-0.3, -0.25) is 0 Å². The summed E-state index contributed by atoms with van der Waals surface area (Å²) in [5.41, 5.74) is 4.80. The van der Waals surface area contributed by atoms with Crippen LogP contribution < -0.4 is 15.5 Å². The summed E-state index contributed by atoms with van der Waals surface area (Å²) in [6.45, 7) is 8.38. The SMILES string of the molecule is Cc1cc(C)cc(NC(=O)NCc2cc(C)nc(N3CCCCC3)n2)c1. The molecular formula is C20H27N5O. The van der Waals surface area contributed by atoms with Crippen LogP contribution in [0.3, 0.4) is 0 Å². The second-order valence-electron chi connectivity index (χ2n) is 7.03. The van der Waals surface area contributed by atoms with Crippen molar-refractivity contribution in [1.29, 1.82) is 0 Å². The number of piperidine rings is 1. The Morgan fingerprint density at radius 2 is 1.69 bits per heavy atom. The maximum absolute atomic E-state index is 12.2. The van der Waals surface area contributed by atoms with Crippen molar-refractivity contribution in [2.24, 2.45) is 0 Å². The third kappa shape index (κ3) is 4.94. The Kier molecular flexibility index (Phi) is 5.71. The van der Waals surface area contributed by atoms with Crippen molar-refractivity contribution in [3.05, 3.63) is 46.8 Å². The lowest BCUT2D eigenvalue weighted by Crippen LogP contribution is -2.32. The number of benzene rings is 1. The van der Waals surface area contributed by atoms with Crippen LogP contribution in [0.1, 0.15) is 41.8 Å². The van der Waals surface area contributed by atoms with Gasteiger partial charge in [0.15, 0.2) is 0 Å². The normalized spacial score (nSPS) is 14.2. The van der Waals surface area contributed by atoms with E-state index < -0.39 is 0 Å². The van der Waals surface area contributed by atoms with Gasteiger partial charge in [0.1, 0.15) is 0 Å². The molecule has 6 nitrogen and oxygen atoms in total. The van der Waals surface area contributed by atoms with Gasteiger partial charge in [-0.15, -0.1) is 0 Å². The second kappa shape index (κ2) is 8.17. The highest BCUT2D eigenvalue weighted by atomic mass is 16.2. The number of hydrogen-bond acceptors (Lipinski definition) is 4. The standard InChI is InChI=1S/C20H27N5O/c1-14-9-15(2)11-17(10-14)24-20(26)21-13-18-12-16(3)22-19(23-18)25-7-5-4-6-8-25/h9-12H,4-8,13H2,1-3H3,(H2,21,24,26). The average molecular weight is 353 g/mol. The van der Waals surface area contributed by atoms with Gasteiger partial charge in [0.25, 0.3) is 0 Å². The molecule has 1 saturated heterocycles. The zero-order chi connectivity index (χ0) is 18.5. The van der Waals surface area contributed by atoms with Crippen LogP contribution in [-0.2, 0) is 6.54 Å². The van der Waals surface area contributed by atoms with Crippen LogP contribution in [0.4, 0.5) is 16.4 Å².